The Morgan fingerprint density at radius 3 is 2.55 bits per heavy atom. The van der Waals surface area contributed by atoms with Gasteiger partial charge in [0, 0.05) is 6.26 Å². The predicted molar refractivity (Wildman–Crippen MR) is 72.7 cm³/mol. The molecule has 20 heavy (non-hydrogen) atoms. The van der Waals surface area contributed by atoms with Crippen LogP contribution in [0, 0.1) is 10.1 Å². The van der Waals surface area contributed by atoms with E-state index in [1.54, 1.807) is 0 Å². The lowest BCUT2D eigenvalue weighted by Gasteiger charge is -2.23. The topological polar surface area (TPSA) is 98.5 Å². The molecule has 0 amide bonds. The Balaban J connectivity index is 2.39. The third-order valence-electron chi connectivity index (χ3n) is 3.12. The van der Waals surface area contributed by atoms with Crippen molar-refractivity contribution in [3.8, 4) is 5.75 Å². The average Bonchev–Trinajstić information content (AvgIpc) is 2.38. The Morgan fingerprint density at radius 1 is 1.35 bits per heavy atom. The number of nitro benzene ring substituents is 1. The maximum Gasteiger partial charge on any atom is 0.329 e. The largest absolute Gasteiger partial charge is 0.483 e. The van der Waals surface area contributed by atoms with Gasteiger partial charge in [-0.1, -0.05) is 6.07 Å². The van der Waals surface area contributed by atoms with Gasteiger partial charge in [-0.3, -0.25) is 10.1 Å². The molecule has 0 bridgehead atoms. The number of nitro groups is 1. The Hall–Kier alpha value is -1.67. The lowest BCUT2D eigenvalue weighted by molar-refractivity contribution is -0.389. The van der Waals surface area contributed by atoms with Gasteiger partial charge in [-0.15, -0.1) is 0 Å². The summed E-state index contributed by atoms with van der Waals surface area (Å²) in [5.74, 6) is 0.0184. The predicted octanol–water partition coefficient (Wildman–Crippen LogP) is 1.13. The molecule has 0 radical (unpaired) electrons. The number of rotatable bonds is 4. The van der Waals surface area contributed by atoms with Gasteiger partial charge < -0.3 is 10.1 Å². The molecule has 1 aliphatic rings. The number of nitrogens with one attached hydrogen (secondary N) is 1. The number of benzene rings is 1. The lowest BCUT2D eigenvalue weighted by atomic mass is 10.1. The lowest BCUT2D eigenvalue weighted by Crippen LogP contribution is -2.34. The van der Waals surface area contributed by atoms with E-state index in [4.69, 9.17) is 4.74 Å². The molecule has 7 nitrogen and oxygen atoms in total. The summed E-state index contributed by atoms with van der Waals surface area (Å²) < 4.78 is 28.9. The molecule has 8 heteroatoms. The fraction of sp³-hybridized carbons (Fsp3) is 0.500. The molecule has 2 rings (SSSR count). The molecular formula is C12H16N2O5S. The first-order chi connectivity index (χ1) is 9.39. The molecule has 1 N–H and O–H groups in total. The second-order valence-corrected chi connectivity index (χ2v) is 6.68. The third-order valence-corrected chi connectivity index (χ3v) is 4.25. The van der Waals surface area contributed by atoms with Crippen molar-refractivity contribution in [3.63, 3.8) is 0 Å². The standard InChI is InChI=1S/C12H16N2O5S/c1-20(17,18)11-4-2-3-10(12(11)14(15)16)19-9-5-7-13-8-6-9/h2-4,9,13H,5-8H2,1H3. The maximum absolute atomic E-state index is 11.6. The van der Waals surface area contributed by atoms with Crippen molar-refractivity contribution < 1.29 is 18.1 Å². The van der Waals surface area contributed by atoms with Gasteiger partial charge in [0.1, 0.15) is 11.0 Å². The SMILES string of the molecule is CS(=O)(=O)c1cccc(OC2CCNCC2)c1[N+](=O)[O-]. The number of hydrogen-bond donors (Lipinski definition) is 1. The summed E-state index contributed by atoms with van der Waals surface area (Å²) in [4.78, 5) is 10.2. The summed E-state index contributed by atoms with van der Waals surface area (Å²) in [6.45, 7) is 1.56. The van der Waals surface area contributed by atoms with E-state index in [2.05, 4.69) is 5.32 Å². The molecule has 0 unspecified atom stereocenters. The van der Waals surface area contributed by atoms with E-state index in [0.29, 0.717) is 0 Å². The zero-order valence-electron chi connectivity index (χ0n) is 11.0. The number of nitrogens with zero attached hydrogens (tertiary/aromatic N) is 1. The molecule has 0 aromatic heterocycles. The Kier molecular flexibility index (Phi) is 4.24. The van der Waals surface area contributed by atoms with Crippen molar-refractivity contribution in [2.45, 2.75) is 23.8 Å². The van der Waals surface area contributed by atoms with Crippen molar-refractivity contribution in [2.24, 2.45) is 0 Å². The smallest absolute Gasteiger partial charge is 0.329 e. The maximum atomic E-state index is 11.6. The van der Waals surface area contributed by atoms with Crippen LogP contribution in [0.5, 0.6) is 5.75 Å². The summed E-state index contributed by atoms with van der Waals surface area (Å²) >= 11 is 0. The number of para-hydroxylation sites is 1. The van der Waals surface area contributed by atoms with Crippen molar-refractivity contribution in [3.05, 3.63) is 28.3 Å². The molecule has 0 atom stereocenters. The highest BCUT2D eigenvalue weighted by Crippen LogP contribution is 2.35. The normalized spacial score (nSPS) is 16.9. The first kappa shape index (κ1) is 14.7. The van der Waals surface area contributed by atoms with Crippen LogP contribution in [0.3, 0.4) is 0 Å². The van der Waals surface area contributed by atoms with Crippen LogP contribution in [0.1, 0.15) is 12.8 Å². The van der Waals surface area contributed by atoms with E-state index in [0.717, 1.165) is 32.2 Å². The van der Waals surface area contributed by atoms with Gasteiger partial charge in [0.25, 0.3) is 0 Å². The van der Waals surface area contributed by atoms with Crippen LogP contribution < -0.4 is 10.1 Å². The van der Waals surface area contributed by atoms with Crippen LogP contribution in [0.15, 0.2) is 23.1 Å². The van der Waals surface area contributed by atoms with Gasteiger partial charge >= 0.3 is 5.69 Å². The van der Waals surface area contributed by atoms with Crippen molar-refractivity contribution in [1.29, 1.82) is 0 Å². The highest BCUT2D eigenvalue weighted by molar-refractivity contribution is 7.90. The number of sulfone groups is 1. The Labute approximate surface area is 117 Å². The van der Waals surface area contributed by atoms with Crippen LogP contribution in [-0.4, -0.2) is 38.8 Å². The highest BCUT2D eigenvalue weighted by Gasteiger charge is 2.28. The van der Waals surface area contributed by atoms with Gasteiger partial charge in [0.15, 0.2) is 15.6 Å². The van der Waals surface area contributed by atoms with Crippen molar-refractivity contribution >= 4 is 15.5 Å². The van der Waals surface area contributed by atoms with Gasteiger partial charge in [0.2, 0.25) is 0 Å². The summed E-state index contributed by atoms with van der Waals surface area (Å²) in [7, 11) is -3.68. The third kappa shape index (κ3) is 3.26. The molecule has 1 aromatic carbocycles. The molecule has 1 aromatic rings. The fourth-order valence-electron chi connectivity index (χ4n) is 2.17. The van der Waals surface area contributed by atoms with E-state index in [9.17, 15) is 18.5 Å². The van der Waals surface area contributed by atoms with Crippen molar-refractivity contribution in [2.75, 3.05) is 19.3 Å². The Bertz CT molecular complexity index is 608. The van der Waals surface area contributed by atoms with Gasteiger partial charge in [-0.25, -0.2) is 8.42 Å². The first-order valence-corrected chi connectivity index (χ1v) is 8.13. The fourth-order valence-corrected chi connectivity index (χ4v) is 3.02. The zero-order chi connectivity index (χ0) is 14.8. The highest BCUT2D eigenvalue weighted by atomic mass is 32.2. The minimum Gasteiger partial charge on any atom is -0.483 e. The average molecular weight is 300 g/mol. The first-order valence-electron chi connectivity index (χ1n) is 6.24. The number of ether oxygens (including phenoxy) is 1. The zero-order valence-corrected chi connectivity index (χ0v) is 11.9. The van der Waals surface area contributed by atoms with Gasteiger partial charge in [-0.2, -0.15) is 0 Å². The molecule has 1 heterocycles. The van der Waals surface area contributed by atoms with Crippen molar-refractivity contribution in [1.82, 2.24) is 5.32 Å². The van der Waals surface area contributed by atoms with E-state index in [1.807, 2.05) is 0 Å². The second-order valence-electron chi connectivity index (χ2n) is 4.70. The minimum absolute atomic E-state index is 0.0184. The Morgan fingerprint density at radius 2 is 2.00 bits per heavy atom. The molecule has 0 aliphatic carbocycles. The van der Waals surface area contributed by atoms with Crippen LogP contribution in [0.2, 0.25) is 0 Å². The molecular weight excluding hydrogens is 284 g/mol. The second kappa shape index (κ2) is 5.76. The van der Waals surface area contributed by atoms with E-state index in [1.165, 1.54) is 18.2 Å². The minimum atomic E-state index is -3.68. The van der Waals surface area contributed by atoms with Gasteiger partial charge in [-0.05, 0) is 38.1 Å². The summed E-state index contributed by atoms with van der Waals surface area (Å²) in [5, 5.41) is 14.3. The van der Waals surface area contributed by atoms with Crippen LogP contribution >= 0.6 is 0 Å². The van der Waals surface area contributed by atoms with Crippen LogP contribution in [0.4, 0.5) is 5.69 Å². The molecule has 1 fully saturated rings. The van der Waals surface area contributed by atoms with E-state index < -0.39 is 20.4 Å². The van der Waals surface area contributed by atoms with Gasteiger partial charge in [0.05, 0.1) is 4.92 Å². The van der Waals surface area contributed by atoms with Crippen LogP contribution in [-0.2, 0) is 9.84 Å². The number of hydrogen-bond acceptors (Lipinski definition) is 6. The molecule has 0 spiro atoms. The quantitative estimate of drug-likeness (QED) is 0.661. The van der Waals surface area contributed by atoms with E-state index in [-0.39, 0.29) is 16.7 Å². The number of piperidine rings is 1. The molecule has 1 saturated heterocycles. The summed E-state index contributed by atoms with van der Waals surface area (Å²) in [6, 6.07) is 4.12. The molecule has 1 aliphatic heterocycles. The summed E-state index contributed by atoms with van der Waals surface area (Å²) in [5.41, 5.74) is -0.478. The monoisotopic (exact) mass is 300 g/mol. The van der Waals surface area contributed by atoms with Crippen LogP contribution in [0.25, 0.3) is 0 Å². The summed E-state index contributed by atoms with van der Waals surface area (Å²) in [6.07, 6.45) is 2.29. The molecule has 0 saturated carbocycles. The molecule has 110 valence electrons. The van der Waals surface area contributed by atoms with E-state index >= 15 is 0 Å².